The van der Waals surface area contributed by atoms with Crippen molar-refractivity contribution in [2.24, 2.45) is 4.99 Å². The number of hydrogen-bond acceptors (Lipinski definition) is 7. The number of aromatic nitrogens is 2. The Morgan fingerprint density at radius 1 is 0.917 bits per heavy atom. The van der Waals surface area contributed by atoms with Gasteiger partial charge >= 0.3 is 0 Å². The Balaban J connectivity index is 1.25. The summed E-state index contributed by atoms with van der Waals surface area (Å²) >= 11 is 1.48. The second-order valence-corrected chi connectivity index (χ2v) is 10.5. The SMILES string of the molecule is CCN1CCN(c2ccc(-c3ncnc4ccc(C=C5SC(N6CCCC6)=NC5=O)cc34)cc2)CC1. The standard InChI is InChI=1S/C28H30N6OS/c1-2-32-13-15-33(16-14-32)22-8-6-21(7-9-22)26-23-17-20(5-10-24(23)29-19-30-26)18-25-27(35)31-28(36-25)34-11-3-4-12-34/h5-10,17-19H,2-4,11-16H2,1H3. The fourth-order valence-electron chi connectivity index (χ4n) is 5.14. The second kappa shape index (κ2) is 10.0. The highest BCUT2D eigenvalue weighted by atomic mass is 32.2. The number of thioether (sulfide) groups is 1. The summed E-state index contributed by atoms with van der Waals surface area (Å²) in [5.41, 5.74) is 5.07. The molecule has 0 bridgehead atoms. The molecule has 1 aromatic heterocycles. The number of aliphatic imine (C=N–C) groups is 1. The fraction of sp³-hybridized carbons (Fsp3) is 0.357. The van der Waals surface area contributed by atoms with E-state index < -0.39 is 0 Å². The van der Waals surface area contributed by atoms with E-state index in [0.717, 1.165) is 91.5 Å². The molecule has 0 atom stereocenters. The number of likely N-dealkylation sites (N-methyl/N-ethyl adjacent to an activating group) is 1. The topological polar surface area (TPSA) is 64.9 Å². The quantitative estimate of drug-likeness (QED) is 0.491. The number of piperazine rings is 1. The van der Waals surface area contributed by atoms with Gasteiger partial charge in [0.15, 0.2) is 5.17 Å². The maximum Gasteiger partial charge on any atom is 0.286 e. The van der Waals surface area contributed by atoms with E-state index in [1.807, 2.05) is 18.2 Å². The van der Waals surface area contributed by atoms with Crippen LogP contribution in [0.5, 0.6) is 0 Å². The minimum atomic E-state index is -0.151. The van der Waals surface area contributed by atoms with Crippen LogP contribution in [0.2, 0.25) is 0 Å². The number of amides is 1. The molecule has 2 saturated heterocycles. The van der Waals surface area contributed by atoms with Gasteiger partial charge in [-0.05, 0) is 67.1 Å². The second-order valence-electron chi connectivity index (χ2n) is 9.47. The maximum atomic E-state index is 12.6. The Kier molecular flexibility index (Phi) is 6.46. The van der Waals surface area contributed by atoms with Crippen molar-refractivity contribution in [2.45, 2.75) is 19.8 Å². The van der Waals surface area contributed by atoms with E-state index in [0.29, 0.717) is 4.91 Å². The number of rotatable bonds is 4. The largest absolute Gasteiger partial charge is 0.369 e. The van der Waals surface area contributed by atoms with Gasteiger partial charge in [-0.1, -0.05) is 25.1 Å². The van der Waals surface area contributed by atoms with Crippen LogP contribution in [0.3, 0.4) is 0 Å². The van der Waals surface area contributed by atoms with Gasteiger partial charge in [0.05, 0.1) is 16.1 Å². The molecule has 1 amide bonds. The number of carbonyl (C=O) groups is 1. The molecule has 0 unspecified atom stereocenters. The lowest BCUT2D eigenvalue weighted by molar-refractivity contribution is -0.113. The predicted molar refractivity (Wildman–Crippen MR) is 148 cm³/mol. The van der Waals surface area contributed by atoms with Crippen molar-refractivity contribution >= 4 is 45.5 Å². The van der Waals surface area contributed by atoms with Crippen LogP contribution in [0, 0.1) is 0 Å². The molecule has 184 valence electrons. The molecule has 0 radical (unpaired) electrons. The smallest absolute Gasteiger partial charge is 0.286 e. The molecule has 2 fully saturated rings. The Labute approximate surface area is 215 Å². The van der Waals surface area contributed by atoms with Gasteiger partial charge in [-0.25, -0.2) is 9.97 Å². The number of likely N-dealkylation sites (tertiary alicyclic amines) is 1. The van der Waals surface area contributed by atoms with Gasteiger partial charge in [0.25, 0.3) is 5.91 Å². The zero-order chi connectivity index (χ0) is 24.5. The van der Waals surface area contributed by atoms with E-state index in [1.54, 1.807) is 6.33 Å². The fourth-order valence-corrected chi connectivity index (χ4v) is 6.10. The summed E-state index contributed by atoms with van der Waals surface area (Å²) in [6, 6.07) is 14.8. The molecule has 8 heteroatoms. The Bertz CT molecular complexity index is 1340. The average molecular weight is 499 g/mol. The molecule has 7 nitrogen and oxygen atoms in total. The van der Waals surface area contributed by atoms with E-state index in [4.69, 9.17) is 0 Å². The van der Waals surface area contributed by atoms with Crippen LogP contribution in [0.25, 0.3) is 28.2 Å². The van der Waals surface area contributed by atoms with Crippen LogP contribution in [0.15, 0.2) is 58.7 Å². The van der Waals surface area contributed by atoms with Gasteiger partial charge in [0.2, 0.25) is 0 Å². The van der Waals surface area contributed by atoms with E-state index in [2.05, 4.69) is 66.9 Å². The molecule has 0 N–H and O–H groups in total. The summed E-state index contributed by atoms with van der Waals surface area (Å²) in [4.78, 5) is 33.8. The molecule has 3 aromatic rings. The van der Waals surface area contributed by atoms with Gasteiger partial charge in [-0.2, -0.15) is 4.99 Å². The van der Waals surface area contributed by atoms with Crippen molar-refractivity contribution in [1.29, 1.82) is 0 Å². The molecule has 6 rings (SSSR count). The summed E-state index contributed by atoms with van der Waals surface area (Å²) < 4.78 is 0. The van der Waals surface area contributed by atoms with E-state index in [-0.39, 0.29) is 5.91 Å². The van der Waals surface area contributed by atoms with E-state index in [9.17, 15) is 4.79 Å². The minimum absolute atomic E-state index is 0.151. The number of fused-ring (bicyclic) bond motifs is 1. The molecule has 36 heavy (non-hydrogen) atoms. The predicted octanol–water partition coefficient (Wildman–Crippen LogP) is 4.50. The lowest BCUT2D eigenvalue weighted by Gasteiger charge is -2.35. The maximum absolute atomic E-state index is 12.6. The van der Waals surface area contributed by atoms with Crippen LogP contribution in [0.4, 0.5) is 5.69 Å². The van der Waals surface area contributed by atoms with Crippen LogP contribution >= 0.6 is 11.8 Å². The van der Waals surface area contributed by atoms with Crippen LogP contribution in [-0.4, -0.2) is 76.7 Å². The van der Waals surface area contributed by atoms with Crippen molar-refractivity contribution in [3.8, 4) is 11.3 Å². The first-order valence-electron chi connectivity index (χ1n) is 12.8. The summed E-state index contributed by atoms with van der Waals surface area (Å²) in [5.74, 6) is -0.151. The lowest BCUT2D eigenvalue weighted by atomic mass is 10.0. The highest BCUT2D eigenvalue weighted by molar-refractivity contribution is 8.18. The summed E-state index contributed by atoms with van der Waals surface area (Å²) in [5, 5.41) is 1.82. The van der Waals surface area contributed by atoms with Crippen LogP contribution < -0.4 is 4.90 Å². The van der Waals surface area contributed by atoms with Gasteiger partial charge in [0.1, 0.15) is 6.33 Å². The molecule has 3 aliphatic heterocycles. The number of amidine groups is 1. The number of carbonyl (C=O) groups excluding carboxylic acids is 1. The first kappa shape index (κ1) is 23.2. The van der Waals surface area contributed by atoms with Gasteiger partial charge in [-0.15, -0.1) is 0 Å². The number of hydrogen-bond donors (Lipinski definition) is 0. The molecular weight excluding hydrogens is 468 g/mol. The first-order valence-corrected chi connectivity index (χ1v) is 13.6. The Morgan fingerprint density at radius 2 is 1.69 bits per heavy atom. The van der Waals surface area contributed by atoms with Crippen LogP contribution in [-0.2, 0) is 4.79 Å². The minimum Gasteiger partial charge on any atom is -0.369 e. The Morgan fingerprint density at radius 3 is 2.44 bits per heavy atom. The summed E-state index contributed by atoms with van der Waals surface area (Å²) in [7, 11) is 0. The molecule has 0 spiro atoms. The zero-order valence-corrected chi connectivity index (χ0v) is 21.4. The normalized spacial score (nSPS) is 20.1. The molecular formula is C28H30N6OS. The molecule has 4 heterocycles. The highest BCUT2D eigenvalue weighted by Crippen LogP contribution is 2.33. The lowest BCUT2D eigenvalue weighted by Crippen LogP contribution is -2.46. The third kappa shape index (κ3) is 4.63. The van der Waals surface area contributed by atoms with Crippen molar-refractivity contribution in [3.05, 3.63) is 59.3 Å². The summed E-state index contributed by atoms with van der Waals surface area (Å²) in [6.45, 7) is 9.64. The van der Waals surface area contributed by atoms with Crippen molar-refractivity contribution in [3.63, 3.8) is 0 Å². The zero-order valence-electron chi connectivity index (χ0n) is 20.6. The van der Waals surface area contributed by atoms with Crippen LogP contribution in [0.1, 0.15) is 25.3 Å². The molecule has 3 aliphatic rings. The average Bonchev–Trinajstić information content (AvgIpc) is 3.59. The highest BCUT2D eigenvalue weighted by Gasteiger charge is 2.27. The Hall–Kier alpha value is -3.23. The monoisotopic (exact) mass is 498 g/mol. The number of nitrogens with zero attached hydrogens (tertiary/aromatic N) is 6. The van der Waals surface area contributed by atoms with Gasteiger partial charge in [0, 0.05) is 55.9 Å². The summed E-state index contributed by atoms with van der Waals surface area (Å²) in [6.07, 6.45) is 5.89. The van der Waals surface area contributed by atoms with Crippen molar-refractivity contribution in [2.75, 3.05) is 50.7 Å². The van der Waals surface area contributed by atoms with E-state index in [1.165, 1.54) is 17.4 Å². The third-order valence-corrected chi connectivity index (χ3v) is 8.31. The van der Waals surface area contributed by atoms with Gasteiger partial charge < -0.3 is 14.7 Å². The number of anilines is 1. The molecule has 0 aliphatic carbocycles. The van der Waals surface area contributed by atoms with E-state index >= 15 is 0 Å². The molecule has 0 saturated carbocycles. The van der Waals surface area contributed by atoms with Crippen molar-refractivity contribution in [1.82, 2.24) is 19.8 Å². The number of benzene rings is 2. The first-order chi connectivity index (χ1) is 17.7. The van der Waals surface area contributed by atoms with Crippen molar-refractivity contribution < 1.29 is 4.79 Å². The third-order valence-electron chi connectivity index (χ3n) is 7.27. The molecule has 2 aromatic carbocycles. The van der Waals surface area contributed by atoms with Gasteiger partial charge in [-0.3, -0.25) is 4.79 Å².